The zero-order valence-corrected chi connectivity index (χ0v) is 11.7. The minimum Gasteiger partial charge on any atom is -0.415 e. The Morgan fingerprint density at radius 3 is 2.39 bits per heavy atom. The quantitative estimate of drug-likeness (QED) is 0.723. The maximum Gasteiger partial charge on any atom is 0.314 e. The topological polar surface area (TPSA) is 88.2 Å². The summed E-state index contributed by atoms with van der Waals surface area (Å²) >= 11 is 0. The van der Waals surface area contributed by atoms with Crippen LogP contribution in [0.5, 0.6) is 0 Å². The third-order valence-electron chi connectivity index (χ3n) is 2.92. The van der Waals surface area contributed by atoms with Gasteiger partial charge in [-0.05, 0) is 5.56 Å². The molecule has 0 radical (unpaired) electrons. The van der Waals surface area contributed by atoms with E-state index in [4.69, 9.17) is 4.42 Å². The van der Waals surface area contributed by atoms with Crippen molar-refractivity contribution < 1.29 is 18.4 Å². The van der Waals surface area contributed by atoms with Crippen LogP contribution in [0.1, 0.15) is 17.9 Å². The number of anilines is 1. The van der Waals surface area contributed by atoms with E-state index in [0.29, 0.717) is 0 Å². The normalized spacial score (nSPS) is 11.0. The van der Waals surface area contributed by atoms with Crippen LogP contribution in [0.4, 0.5) is 14.7 Å². The fraction of sp³-hybridized carbons (Fsp3) is 0.143. The highest BCUT2D eigenvalue weighted by molar-refractivity contribution is 5.50. The highest BCUT2D eigenvalue weighted by atomic mass is 19.3. The van der Waals surface area contributed by atoms with Crippen molar-refractivity contribution in [3.63, 3.8) is 0 Å². The van der Waals surface area contributed by atoms with Crippen LogP contribution in [-0.2, 0) is 6.54 Å². The van der Waals surface area contributed by atoms with Gasteiger partial charge in [0.25, 0.3) is 11.8 Å². The molecule has 118 valence electrons. The molecule has 0 fully saturated rings. The van der Waals surface area contributed by atoms with E-state index >= 15 is 0 Å². The lowest BCUT2D eigenvalue weighted by Crippen LogP contribution is -2.19. The Hall–Kier alpha value is -2.94. The largest absolute Gasteiger partial charge is 0.415 e. The maximum absolute atomic E-state index is 12.4. The third-order valence-corrected chi connectivity index (χ3v) is 2.92. The molecule has 23 heavy (non-hydrogen) atoms. The van der Waals surface area contributed by atoms with Crippen molar-refractivity contribution in [3.8, 4) is 11.5 Å². The molecule has 0 amide bonds. The van der Waals surface area contributed by atoms with Crippen LogP contribution >= 0.6 is 0 Å². The zero-order valence-electron chi connectivity index (χ0n) is 11.7. The van der Waals surface area contributed by atoms with Gasteiger partial charge in [0, 0.05) is 12.4 Å². The van der Waals surface area contributed by atoms with Crippen LogP contribution in [0.3, 0.4) is 0 Å². The van der Waals surface area contributed by atoms with Gasteiger partial charge in [-0.25, -0.2) is 15.0 Å². The van der Waals surface area contributed by atoms with E-state index in [-0.39, 0.29) is 23.9 Å². The summed E-state index contributed by atoms with van der Waals surface area (Å²) in [6.45, 7) is 0.205. The first-order chi connectivity index (χ1) is 11.1. The molecule has 7 nitrogen and oxygen atoms in total. The monoisotopic (exact) mass is 319 g/mol. The summed E-state index contributed by atoms with van der Waals surface area (Å²) in [5.41, 5.74) is 1.16. The molecule has 2 heterocycles. The number of hydroxylamine groups is 1. The molecule has 0 saturated carbocycles. The first-order valence-electron chi connectivity index (χ1n) is 6.58. The molecular formula is C14H11F2N5O2. The summed E-state index contributed by atoms with van der Waals surface area (Å²) < 4.78 is 29.6. The Labute approximate surface area is 129 Å². The second kappa shape index (κ2) is 6.44. The first kappa shape index (κ1) is 15.0. The average molecular weight is 319 g/mol. The molecule has 0 spiro atoms. The Morgan fingerprint density at radius 1 is 1.09 bits per heavy atom. The van der Waals surface area contributed by atoms with Crippen LogP contribution in [0, 0.1) is 0 Å². The van der Waals surface area contributed by atoms with E-state index in [0.717, 1.165) is 10.6 Å². The van der Waals surface area contributed by atoms with E-state index in [1.165, 1.54) is 12.4 Å². The van der Waals surface area contributed by atoms with Crippen LogP contribution in [0.25, 0.3) is 11.5 Å². The molecule has 0 atom stereocenters. The Balaban J connectivity index is 1.73. The van der Waals surface area contributed by atoms with Gasteiger partial charge in [-0.2, -0.15) is 8.78 Å². The second-order valence-electron chi connectivity index (χ2n) is 4.56. The van der Waals surface area contributed by atoms with Crippen molar-refractivity contribution in [1.29, 1.82) is 0 Å². The highest BCUT2D eigenvalue weighted by Gasteiger charge is 2.17. The van der Waals surface area contributed by atoms with Crippen molar-refractivity contribution >= 4 is 5.95 Å². The van der Waals surface area contributed by atoms with Crippen molar-refractivity contribution in [1.82, 2.24) is 20.2 Å². The molecule has 2 aromatic heterocycles. The van der Waals surface area contributed by atoms with Crippen molar-refractivity contribution in [2.75, 3.05) is 5.06 Å². The lowest BCUT2D eigenvalue weighted by molar-refractivity contribution is 0.116. The van der Waals surface area contributed by atoms with Crippen LogP contribution < -0.4 is 5.06 Å². The molecule has 3 rings (SSSR count). The predicted octanol–water partition coefficient (Wildman–Crippen LogP) is 2.86. The Morgan fingerprint density at radius 2 is 1.78 bits per heavy atom. The minimum absolute atomic E-state index is 0.0613. The molecule has 0 bridgehead atoms. The van der Waals surface area contributed by atoms with Gasteiger partial charge >= 0.3 is 6.43 Å². The molecule has 9 heteroatoms. The number of aromatic nitrogens is 4. The summed E-state index contributed by atoms with van der Waals surface area (Å²) in [7, 11) is 0. The van der Waals surface area contributed by atoms with Crippen molar-refractivity contribution in [3.05, 3.63) is 54.2 Å². The average Bonchev–Trinajstić information content (AvgIpc) is 3.06. The molecule has 1 N–H and O–H groups in total. The van der Waals surface area contributed by atoms with Gasteiger partial charge in [0.05, 0.1) is 12.1 Å². The summed E-state index contributed by atoms with van der Waals surface area (Å²) in [4.78, 5) is 7.91. The fourth-order valence-electron chi connectivity index (χ4n) is 1.83. The molecule has 3 aromatic rings. The number of nitrogens with zero attached hydrogens (tertiary/aromatic N) is 5. The third kappa shape index (κ3) is 3.46. The Kier molecular flexibility index (Phi) is 4.20. The summed E-state index contributed by atoms with van der Waals surface area (Å²) in [6, 6.07) is 9.27. The van der Waals surface area contributed by atoms with E-state index in [1.54, 1.807) is 0 Å². The highest BCUT2D eigenvalue weighted by Crippen LogP contribution is 2.22. The molecule has 0 unspecified atom stereocenters. The van der Waals surface area contributed by atoms with Gasteiger partial charge < -0.3 is 4.42 Å². The number of benzene rings is 1. The second-order valence-corrected chi connectivity index (χ2v) is 4.56. The van der Waals surface area contributed by atoms with Gasteiger partial charge in [0.1, 0.15) is 0 Å². The van der Waals surface area contributed by atoms with Crippen LogP contribution in [0.15, 0.2) is 47.1 Å². The molecule has 1 aromatic carbocycles. The maximum atomic E-state index is 12.4. The summed E-state index contributed by atoms with van der Waals surface area (Å²) in [5, 5.41) is 17.6. The van der Waals surface area contributed by atoms with Gasteiger partial charge in [-0.15, -0.1) is 10.2 Å². The summed E-state index contributed by atoms with van der Waals surface area (Å²) in [6.07, 6.45) is -0.228. The molecule has 0 aliphatic carbocycles. The van der Waals surface area contributed by atoms with Gasteiger partial charge in [-0.3, -0.25) is 5.21 Å². The SMILES string of the molecule is ON(Cc1ccccc1)c1ncc(-c2nnc(C(F)F)o2)cn1. The van der Waals surface area contributed by atoms with Crippen molar-refractivity contribution in [2.24, 2.45) is 0 Å². The van der Waals surface area contributed by atoms with E-state index in [1.807, 2.05) is 30.3 Å². The smallest absolute Gasteiger partial charge is 0.314 e. The lowest BCUT2D eigenvalue weighted by Gasteiger charge is -2.14. The lowest BCUT2D eigenvalue weighted by atomic mass is 10.2. The fourth-order valence-corrected chi connectivity index (χ4v) is 1.83. The number of hydrogen-bond donors (Lipinski definition) is 1. The first-order valence-corrected chi connectivity index (χ1v) is 6.58. The molecule has 0 saturated heterocycles. The van der Waals surface area contributed by atoms with Gasteiger partial charge in [0.15, 0.2) is 0 Å². The van der Waals surface area contributed by atoms with E-state index < -0.39 is 12.3 Å². The van der Waals surface area contributed by atoms with Gasteiger partial charge in [0.2, 0.25) is 5.95 Å². The van der Waals surface area contributed by atoms with Crippen molar-refractivity contribution in [2.45, 2.75) is 13.0 Å². The molecule has 0 aliphatic heterocycles. The van der Waals surface area contributed by atoms with Crippen LogP contribution in [-0.4, -0.2) is 25.4 Å². The van der Waals surface area contributed by atoms with Gasteiger partial charge in [-0.1, -0.05) is 30.3 Å². The van der Waals surface area contributed by atoms with E-state index in [9.17, 15) is 14.0 Å². The molecular weight excluding hydrogens is 308 g/mol. The number of rotatable bonds is 5. The number of halogens is 2. The summed E-state index contributed by atoms with van der Waals surface area (Å²) in [5.74, 6) is -0.817. The minimum atomic E-state index is -2.84. The number of hydrogen-bond acceptors (Lipinski definition) is 7. The zero-order chi connectivity index (χ0) is 16.2. The molecule has 0 aliphatic rings. The predicted molar refractivity (Wildman–Crippen MR) is 74.7 cm³/mol. The standard InChI is InChI=1S/C14H11F2N5O2/c15-11(16)13-20-19-12(23-13)10-6-17-14(18-7-10)21(22)8-9-4-2-1-3-5-9/h1-7,11,22H,8H2. The van der Waals surface area contributed by atoms with E-state index in [2.05, 4.69) is 20.2 Å². The number of alkyl halides is 2. The van der Waals surface area contributed by atoms with Crippen LogP contribution in [0.2, 0.25) is 0 Å². The Bertz CT molecular complexity index is 764.